The third kappa shape index (κ3) is 8.67. The average molecular weight is 578 g/mol. The molecule has 3 rings (SSSR count). The lowest BCUT2D eigenvalue weighted by Crippen LogP contribution is -2.51. The molecule has 1 fully saturated rings. The monoisotopic (exact) mass is 577 g/mol. The number of amides is 2. The third-order valence-corrected chi connectivity index (χ3v) is 8.53. The fourth-order valence-corrected chi connectivity index (χ4v) is 5.66. The van der Waals surface area contributed by atoms with Gasteiger partial charge < -0.3 is 15.4 Å². The van der Waals surface area contributed by atoms with Crippen molar-refractivity contribution in [3.05, 3.63) is 52.5 Å². The van der Waals surface area contributed by atoms with E-state index in [9.17, 15) is 18.0 Å². The van der Waals surface area contributed by atoms with Crippen molar-refractivity contribution in [3.8, 4) is 5.75 Å². The number of hydrogen-bond acceptors (Lipinski definition) is 6. The van der Waals surface area contributed by atoms with Crippen LogP contribution in [0.3, 0.4) is 0 Å². The van der Waals surface area contributed by atoms with Gasteiger partial charge in [-0.15, -0.1) is 0 Å². The van der Waals surface area contributed by atoms with E-state index in [-0.39, 0.29) is 17.3 Å². The Morgan fingerprint density at radius 3 is 2.49 bits per heavy atom. The Balaban J connectivity index is 1.71. The SMILES string of the molecule is CNS(=O)(=O)c1ccc(C)c(NC(=O)[C@@H](CC2CCCCC2)NC(=N)NC(=O)Cc2ccc(OC)c(Cl)c2)c1. The van der Waals surface area contributed by atoms with Crippen molar-refractivity contribution in [2.24, 2.45) is 5.92 Å². The second-order valence-corrected chi connectivity index (χ2v) is 12.0. The van der Waals surface area contributed by atoms with Crippen LogP contribution in [0.4, 0.5) is 5.69 Å². The molecule has 0 aromatic heterocycles. The highest BCUT2D eigenvalue weighted by Crippen LogP contribution is 2.28. The number of aryl methyl sites for hydroxylation is 1. The molecule has 12 heteroatoms. The second-order valence-electron chi connectivity index (χ2n) is 9.68. The van der Waals surface area contributed by atoms with Crippen molar-refractivity contribution in [2.45, 2.75) is 62.8 Å². The maximum atomic E-state index is 13.4. The minimum Gasteiger partial charge on any atom is -0.495 e. The second kappa shape index (κ2) is 13.8. The van der Waals surface area contributed by atoms with Crippen LogP contribution in [0.5, 0.6) is 5.75 Å². The van der Waals surface area contributed by atoms with Crippen LogP contribution in [-0.2, 0) is 26.0 Å². The van der Waals surface area contributed by atoms with E-state index in [4.69, 9.17) is 21.7 Å². The number of rotatable bonds is 10. The van der Waals surface area contributed by atoms with Gasteiger partial charge in [0.15, 0.2) is 5.96 Å². The molecule has 1 aliphatic carbocycles. The summed E-state index contributed by atoms with van der Waals surface area (Å²) in [5, 5.41) is 16.9. The number of carbonyl (C=O) groups is 2. The molecule has 0 unspecified atom stereocenters. The highest BCUT2D eigenvalue weighted by atomic mass is 35.5. The van der Waals surface area contributed by atoms with Crippen LogP contribution >= 0.6 is 11.6 Å². The maximum Gasteiger partial charge on any atom is 0.246 e. The lowest BCUT2D eigenvalue weighted by molar-refractivity contribution is -0.120. The van der Waals surface area contributed by atoms with Gasteiger partial charge >= 0.3 is 0 Å². The van der Waals surface area contributed by atoms with Gasteiger partial charge in [0.2, 0.25) is 21.8 Å². The van der Waals surface area contributed by atoms with E-state index < -0.39 is 27.9 Å². The number of methoxy groups -OCH3 is 1. The van der Waals surface area contributed by atoms with Crippen LogP contribution in [0.2, 0.25) is 5.02 Å². The van der Waals surface area contributed by atoms with E-state index in [1.54, 1.807) is 31.2 Å². The Hall–Kier alpha value is -3.15. The minimum absolute atomic E-state index is 0.0147. The van der Waals surface area contributed by atoms with Gasteiger partial charge in [0.05, 0.1) is 23.4 Å². The van der Waals surface area contributed by atoms with Gasteiger partial charge in [0, 0.05) is 5.69 Å². The van der Waals surface area contributed by atoms with Crippen LogP contribution in [0.15, 0.2) is 41.3 Å². The topological polar surface area (TPSA) is 149 Å². The zero-order valence-corrected chi connectivity index (χ0v) is 24.0. The highest BCUT2D eigenvalue weighted by molar-refractivity contribution is 7.89. The maximum absolute atomic E-state index is 13.4. The Labute approximate surface area is 234 Å². The molecule has 2 aromatic rings. The summed E-state index contributed by atoms with van der Waals surface area (Å²) in [4.78, 5) is 26.0. The zero-order chi connectivity index (χ0) is 28.6. The summed E-state index contributed by atoms with van der Waals surface area (Å²) >= 11 is 6.14. The molecule has 212 valence electrons. The molecule has 2 amide bonds. The smallest absolute Gasteiger partial charge is 0.246 e. The van der Waals surface area contributed by atoms with Gasteiger partial charge in [-0.1, -0.05) is 55.8 Å². The standard InChI is InChI=1S/C27H36ClN5O5S/c1-17-9-11-20(39(36,37)30-2)16-22(17)31-26(35)23(14-18-7-5-4-6-8-18)32-27(29)33-25(34)15-19-10-12-24(38-3)21(28)13-19/h9-13,16,18,23,30H,4-8,14-15H2,1-3H3,(H,31,35)(H3,29,32,33,34)/t23-/m1/s1. The van der Waals surface area contributed by atoms with Crippen molar-refractivity contribution >= 4 is 45.1 Å². The normalized spacial score (nSPS) is 14.8. The molecular formula is C27H36ClN5O5S. The Bertz CT molecular complexity index is 1310. The van der Waals surface area contributed by atoms with Gasteiger partial charge in [-0.2, -0.15) is 0 Å². The number of benzene rings is 2. The predicted molar refractivity (Wildman–Crippen MR) is 152 cm³/mol. The van der Waals surface area contributed by atoms with E-state index in [2.05, 4.69) is 20.7 Å². The van der Waals surface area contributed by atoms with E-state index in [0.717, 1.165) is 32.1 Å². The van der Waals surface area contributed by atoms with Gasteiger partial charge in [0.1, 0.15) is 11.8 Å². The first-order chi connectivity index (χ1) is 18.5. The summed E-state index contributed by atoms with van der Waals surface area (Å²) in [6, 6.07) is 8.70. The number of carbonyl (C=O) groups excluding carboxylic acids is 2. The summed E-state index contributed by atoms with van der Waals surface area (Å²) in [5.74, 6) is -0.353. The lowest BCUT2D eigenvalue weighted by Gasteiger charge is -2.27. The fraction of sp³-hybridized carbons (Fsp3) is 0.444. The molecule has 0 aliphatic heterocycles. The first-order valence-corrected chi connectivity index (χ1v) is 14.7. The molecule has 0 spiro atoms. The van der Waals surface area contributed by atoms with E-state index >= 15 is 0 Å². The summed E-state index contributed by atoms with van der Waals surface area (Å²) < 4.78 is 31.9. The first kappa shape index (κ1) is 30.4. The summed E-state index contributed by atoms with van der Waals surface area (Å²) in [6.45, 7) is 1.77. The molecule has 0 bridgehead atoms. The van der Waals surface area contributed by atoms with Crippen molar-refractivity contribution in [1.82, 2.24) is 15.4 Å². The average Bonchev–Trinajstić information content (AvgIpc) is 2.90. The minimum atomic E-state index is -3.70. The van der Waals surface area contributed by atoms with Crippen LogP contribution in [0.1, 0.15) is 49.7 Å². The number of sulfonamides is 1. The molecule has 1 atom stereocenters. The summed E-state index contributed by atoms with van der Waals surface area (Å²) in [7, 11) is -0.872. The molecule has 0 radical (unpaired) electrons. The van der Waals surface area contributed by atoms with Crippen molar-refractivity contribution < 1.29 is 22.7 Å². The van der Waals surface area contributed by atoms with Gasteiger partial charge in [-0.3, -0.25) is 20.3 Å². The summed E-state index contributed by atoms with van der Waals surface area (Å²) in [6.07, 6.45) is 5.76. The van der Waals surface area contributed by atoms with Gasteiger partial charge in [-0.25, -0.2) is 13.1 Å². The highest BCUT2D eigenvalue weighted by Gasteiger charge is 2.26. The number of nitrogens with one attached hydrogen (secondary N) is 5. The van der Waals surface area contributed by atoms with Crippen LogP contribution < -0.4 is 25.4 Å². The largest absolute Gasteiger partial charge is 0.495 e. The number of ether oxygens (including phenoxy) is 1. The molecular weight excluding hydrogens is 542 g/mol. The number of guanidine groups is 1. The molecule has 1 aliphatic rings. The number of hydrogen-bond donors (Lipinski definition) is 5. The molecule has 0 heterocycles. The van der Waals surface area contributed by atoms with Crippen molar-refractivity contribution in [2.75, 3.05) is 19.5 Å². The predicted octanol–water partition coefficient (Wildman–Crippen LogP) is 3.73. The Kier molecular flexibility index (Phi) is 10.7. The first-order valence-electron chi connectivity index (χ1n) is 12.8. The molecule has 10 nitrogen and oxygen atoms in total. The molecule has 1 saturated carbocycles. The molecule has 5 N–H and O–H groups in total. The molecule has 39 heavy (non-hydrogen) atoms. The van der Waals surface area contributed by atoms with Crippen LogP contribution in [-0.4, -0.2) is 46.4 Å². The van der Waals surface area contributed by atoms with Crippen molar-refractivity contribution in [1.29, 1.82) is 5.41 Å². The van der Waals surface area contributed by atoms with E-state index in [0.29, 0.717) is 39.9 Å². The Morgan fingerprint density at radius 2 is 1.85 bits per heavy atom. The van der Waals surface area contributed by atoms with Crippen LogP contribution in [0.25, 0.3) is 0 Å². The molecule has 2 aromatic carbocycles. The number of anilines is 1. The third-order valence-electron chi connectivity index (χ3n) is 6.82. The van der Waals surface area contributed by atoms with Crippen molar-refractivity contribution in [3.63, 3.8) is 0 Å². The molecule has 0 saturated heterocycles. The Morgan fingerprint density at radius 1 is 1.13 bits per heavy atom. The van der Waals surface area contributed by atoms with Crippen LogP contribution in [0, 0.1) is 18.3 Å². The van der Waals surface area contributed by atoms with Gasteiger partial charge in [-0.05, 0) is 61.7 Å². The zero-order valence-electron chi connectivity index (χ0n) is 22.4. The number of halogens is 1. The van der Waals surface area contributed by atoms with E-state index in [1.165, 1.54) is 26.3 Å². The fourth-order valence-electron chi connectivity index (χ4n) is 4.63. The van der Waals surface area contributed by atoms with Gasteiger partial charge in [0.25, 0.3) is 0 Å². The lowest BCUT2D eigenvalue weighted by atomic mass is 9.84. The quantitative estimate of drug-likeness (QED) is 0.214. The summed E-state index contributed by atoms with van der Waals surface area (Å²) in [5.41, 5.74) is 1.70. The van der Waals surface area contributed by atoms with E-state index in [1.807, 2.05) is 0 Å².